The van der Waals surface area contributed by atoms with Crippen molar-refractivity contribution in [2.24, 2.45) is 0 Å². The molecule has 60 heavy (non-hydrogen) atoms. The largest absolute Gasteiger partial charge is 0.394 e. The third kappa shape index (κ3) is 52.0. The molecule has 0 spiro atoms. The smallest absolute Gasteiger partial charge is 0.0745 e. The van der Waals surface area contributed by atoms with E-state index in [1.54, 1.807) is 0 Å². The third-order valence-electron chi connectivity index (χ3n) is 11.3. The molecule has 0 aromatic carbocycles. The molecule has 0 saturated carbocycles. The number of hydrogen-bond acceptors (Lipinski definition) is 9. The average molecular weight is 863 g/mol. The number of rotatable bonds is 51. The summed E-state index contributed by atoms with van der Waals surface area (Å²) in [4.78, 5) is 0. The lowest BCUT2D eigenvalue weighted by molar-refractivity contribution is -0.0941. The summed E-state index contributed by atoms with van der Waals surface area (Å²) in [5.74, 6) is 0. The topological polar surface area (TPSA) is 116 Å². The molecule has 0 aromatic heterocycles. The minimum Gasteiger partial charge on any atom is -0.394 e. The van der Waals surface area contributed by atoms with Gasteiger partial charge >= 0.3 is 0 Å². The molecule has 364 valence electrons. The Morgan fingerprint density at radius 2 is 0.550 bits per heavy atom. The van der Waals surface area contributed by atoms with Gasteiger partial charge in [0.25, 0.3) is 0 Å². The summed E-state index contributed by atoms with van der Waals surface area (Å²) in [6.45, 7) is 14.1. The predicted octanol–water partition coefficient (Wildman–Crippen LogP) is 12.7. The standard InChI is InChI=1S/C39H80O2.C12H26O7/c1-5-8-11-14-17-20-22-24-27-30-33-36-39(41-37-38(4)40,34-31-28-25-19-16-13-10-7-3)35-32-29-26-23-21-18-15-12-9-6-2;13-1-3-15-5-7-17-9-11-19-12-10-18-8-6-16-4-2-14/h38,40H,5-37H2,1-4H3;13-14H,1-12H2. The molecule has 0 rings (SSSR count). The molecule has 0 bridgehead atoms. The highest BCUT2D eigenvalue weighted by Crippen LogP contribution is 2.33. The first-order chi connectivity index (χ1) is 29.5. The molecule has 9 nitrogen and oxygen atoms in total. The van der Waals surface area contributed by atoms with Gasteiger partial charge in [-0.15, -0.1) is 0 Å². The lowest BCUT2D eigenvalue weighted by Gasteiger charge is -2.35. The van der Waals surface area contributed by atoms with Crippen molar-refractivity contribution in [1.29, 1.82) is 0 Å². The van der Waals surface area contributed by atoms with Crippen molar-refractivity contribution in [1.82, 2.24) is 0 Å². The van der Waals surface area contributed by atoms with E-state index in [2.05, 4.69) is 20.8 Å². The Bertz CT molecular complexity index is 727. The Morgan fingerprint density at radius 3 is 0.767 bits per heavy atom. The van der Waals surface area contributed by atoms with Crippen LogP contribution in [-0.4, -0.2) is 113 Å². The van der Waals surface area contributed by atoms with Gasteiger partial charge in [-0.3, -0.25) is 0 Å². The van der Waals surface area contributed by atoms with E-state index in [0.29, 0.717) is 72.7 Å². The molecular weight excluding hydrogens is 757 g/mol. The van der Waals surface area contributed by atoms with Crippen LogP contribution in [0, 0.1) is 0 Å². The van der Waals surface area contributed by atoms with Crippen LogP contribution in [0.3, 0.4) is 0 Å². The number of ether oxygens (including phenoxy) is 6. The lowest BCUT2D eigenvalue weighted by atomic mass is 9.84. The Kier molecular flexibility index (Phi) is 56.3. The van der Waals surface area contributed by atoms with Crippen LogP contribution in [0.15, 0.2) is 0 Å². The van der Waals surface area contributed by atoms with Gasteiger partial charge in [0.15, 0.2) is 0 Å². The highest BCUT2D eigenvalue weighted by atomic mass is 16.6. The van der Waals surface area contributed by atoms with Gasteiger partial charge in [0, 0.05) is 0 Å². The molecule has 0 aliphatic rings. The molecule has 9 heteroatoms. The van der Waals surface area contributed by atoms with Gasteiger partial charge in [0.1, 0.15) is 0 Å². The summed E-state index contributed by atoms with van der Waals surface area (Å²) in [5, 5.41) is 27.0. The van der Waals surface area contributed by atoms with Crippen LogP contribution in [0.5, 0.6) is 0 Å². The van der Waals surface area contributed by atoms with E-state index in [4.69, 9.17) is 38.6 Å². The Hall–Kier alpha value is -0.360. The second-order valence-corrected chi connectivity index (χ2v) is 17.3. The first-order valence-corrected chi connectivity index (χ1v) is 25.9. The lowest BCUT2D eigenvalue weighted by Crippen LogP contribution is -2.35. The van der Waals surface area contributed by atoms with Crippen molar-refractivity contribution < 1.29 is 43.7 Å². The van der Waals surface area contributed by atoms with Crippen LogP contribution in [0.4, 0.5) is 0 Å². The van der Waals surface area contributed by atoms with Gasteiger partial charge < -0.3 is 43.7 Å². The van der Waals surface area contributed by atoms with E-state index in [-0.39, 0.29) is 24.9 Å². The molecule has 0 aliphatic carbocycles. The summed E-state index contributed by atoms with van der Waals surface area (Å²) in [7, 11) is 0. The molecule has 3 N–H and O–H groups in total. The quantitative estimate of drug-likeness (QED) is 0.0514. The van der Waals surface area contributed by atoms with Crippen LogP contribution >= 0.6 is 0 Å². The second-order valence-electron chi connectivity index (χ2n) is 17.3. The first kappa shape index (κ1) is 61.7. The maximum atomic E-state index is 10.1. The fraction of sp³-hybridized carbons (Fsp3) is 1.00. The van der Waals surface area contributed by atoms with Crippen molar-refractivity contribution in [2.75, 3.05) is 85.9 Å². The zero-order chi connectivity index (χ0) is 44.1. The maximum absolute atomic E-state index is 10.1. The van der Waals surface area contributed by atoms with Crippen molar-refractivity contribution in [3.8, 4) is 0 Å². The highest BCUT2D eigenvalue weighted by molar-refractivity contribution is 4.82. The summed E-state index contributed by atoms with van der Waals surface area (Å²) in [5.41, 5.74) is -0.00136. The zero-order valence-corrected chi connectivity index (χ0v) is 40.7. The van der Waals surface area contributed by atoms with Crippen LogP contribution < -0.4 is 0 Å². The van der Waals surface area contributed by atoms with Gasteiger partial charge in [0.2, 0.25) is 0 Å². The van der Waals surface area contributed by atoms with E-state index in [1.807, 2.05) is 6.92 Å². The van der Waals surface area contributed by atoms with E-state index in [9.17, 15) is 5.11 Å². The van der Waals surface area contributed by atoms with E-state index in [1.165, 1.54) is 205 Å². The third-order valence-corrected chi connectivity index (χ3v) is 11.3. The first-order valence-electron chi connectivity index (χ1n) is 25.9. The van der Waals surface area contributed by atoms with Crippen LogP contribution in [0.1, 0.15) is 233 Å². The van der Waals surface area contributed by atoms with Gasteiger partial charge in [-0.25, -0.2) is 0 Å². The van der Waals surface area contributed by atoms with E-state index >= 15 is 0 Å². The molecule has 0 heterocycles. The summed E-state index contributed by atoms with van der Waals surface area (Å²) in [6.07, 6.45) is 43.5. The van der Waals surface area contributed by atoms with Crippen molar-refractivity contribution >= 4 is 0 Å². The van der Waals surface area contributed by atoms with Crippen LogP contribution in [-0.2, 0) is 28.4 Å². The van der Waals surface area contributed by atoms with E-state index < -0.39 is 0 Å². The van der Waals surface area contributed by atoms with Crippen molar-refractivity contribution in [3.05, 3.63) is 0 Å². The summed E-state index contributed by atoms with van der Waals surface area (Å²) in [6, 6.07) is 0. The van der Waals surface area contributed by atoms with Gasteiger partial charge in [0.05, 0.1) is 97.6 Å². The summed E-state index contributed by atoms with van der Waals surface area (Å²) >= 11 is 0. The van der Waals surface area contributed by atoms with Crippen LogP contribution in [0.2, 0.25) is 0 Å². The average Bonchev–Trinajstić information content (AvgIpc) is 3.25. The molecule has 0 aliphatic heterocycles. The fourth-order valence-electron chi connectivity index (χ4n) is 7.63. The fourth-order valence-corrected chi connectivity index (χ4v) is 7.63. The van der Waals surface area contributed by atoms with Gasteiger partial charge in [-0.2, -0.15) is 0 Å². The molecule has 0 saturated heterocycles. The maximum Gasteiger partial charge on any atom is 0.0745 e. The molecule has 0 aromatic rings. The van der Waals surface area contributed by atoms with E-state index in [0.717, 1.165) is 0 Å². The molecule has 0 amide bonds. The number of aliphatic hydroxyl groups excluding tert-OH is 3. The minimum absolute atomic E-state index is 0.00136. The van der Waals surface area contributed by atoms with Gasteiger partial charge in [-0.1, -0.05) is 207 Å². The Balaban J connectivity index is 0. The van der Waals surface area contributed by atoms with Crippen molar-refractivity contribution in [2.45, 2.75) is 245 Å². The monoisotopic (exact) mass is 863 g/mol. The number of hydrogen-bond donors (Lipinski definition) is 3. The second kappa shape index (κ2) is 54.8. The summed E-state index contributed by atoms with van der Waals surface area (Å²) < 4.78 is 32.5. The Labute approximate surface area is 373 Å². The predicted molar refractivity (Wildman–Crippen MR) is 253 cm³/mol. The highest BCUT2D eigenvalue weighted by Gasteiger charge is 2.30. The number of aliphatic hydroxyl groups is 3. The van der Waals surface area contributed by atoms with Crippen molar-refractivity contribution in [3.63, 3.8) is 0 Å². The number of unbranched alkanes of at least 4 members (excludes halogenated alkanes) is 26. The molecule has 2 atom stereocenters. The SMILES string of the molecule is CCCCCCCCCCCCCC(CCCCCCCCCC)(CCCCCCCCCCCC)OCC(C)O.OCCOCCOCCOCCOCCOCCO. The molecule has 0 radical (unpaired) electrons. The molecule has 2 unspecified atom stereocenters. The molecular formula is C51H106O9. The Morgan fingerprint density at radius 1 is 0.333 bits per heavy atom. The molecule has 0 fully saturated rings. The zero-order valence-electron chi connectivity index (χ0n) is 40.7. The minimum atomic E-state index is -0.363. The van der Waals surface area contributed by atoms with Gasteiger partial charge in [-0.05, 0) is 26.2 Å². The van der Waals surface area contributed by atoms with Crippen LogP contribution in [0.25, 0.3) is 0 Å². The normalized spacial score (nSPS) is 13.1.